The lowest BCUT2D eigenvalue weighted by atomic mass is 10.0. The molecule has 0 spiro atoms. The number of nitrogens with zero attached hydrogens (tertiary/aromatic N) is 3. The summed E-state index contributed by atoms with van der Waals surface area (Å²) in [5, 5.41) is 2.95. The number of nitrogens with one attached hydrogen (secondary N) is 1. The number of aryl methyl sites for hydroxylation is 1. The third kappa shape index (κ3) is 3.79. The van der Waals surface area contributed by atoms with Crippen molar-refractivity contribution >= 4 is 5.91 Å². The summed E-state index contributed by atoms with van der Waals surface area (Å²) in [5.74, 6) is -1.29. The van der Waals surface area contributed by atoms with E-state index in [4.69, 9.17) is 0 Å². The number of rotatable bonds is 4. The number of halogens is 2. The van der Waals surface area contributed by atoms with Crippen molar-refractivity contribution in [3.05, 3.63) is 53.6 Å². The highest BCUT2D eigenvalue weighted by molar-refractivity contribution is 5.92. The fourth-order valence-electron chi connectivity index (χ4n) is 3.01. The first-order valence-electron chi connectivity index (χ1n) is 7.97. The largest absolute Gasteiger partial charge is 0.347 e. The van der Waals surface area contributed by atoms with Crippen LogP contribution in [-0.2, 0) is 13.6 Å². The molecular weight excluding hydrogens is 314 g/mol. The molecule has 1 saturated heterocycles. The molecular formula is C17H20F2N4O. The molecule has 24 heavy (non-hydrogen) atoms. The number of imidazole rings is 1. The van der Waals surface area contributed by atoms with Crippen LogP contribution in [-0.4, -0.2) is 39.5 Å². The van der Waals surface area contributed by atoms with Crippen molar-refractivity contribution in [3.63, 3.8) is 0 Å². The maximum atomic E-state index is 13.8. The zero-order chi connectivity index (χ0) is 17.1. The first-order chi connectivity index (χ1) is 11.5. The fraction of sp³-hybridized carbons (Fsp3) is 0.412. The lowest BCUT2D eigenvalue weighted by Gasteiger charge is -2.33. The molecule has 1 N–H and O–H groups in total. The molecule has 0 unspecified atom stereocenters. The Hall–Kier alpha value is -2.28. The molecule has 5 nitrogen and oxygen atoms in total. The summed E-state index contributed by atoms with van der Waals surface area (Å²) in [6, 6.07) is 3.84. The molecule has 1 aromatic heterocycles. The normalized spacial score (nSPS) is 18.5. The van der Waals surface area contributed by atoms with Crippen molar-refractivity contribution in [1.29, 1.82) is 0 Å². The minimum Gasteiger partial charge on any atom is -0.347 e. The summed E-state index contributed by atoms with van der Waals surface area (Å²) in [6.45, 7) is 1.52. The Balaban J connectivity index is 1.61. The summed E-state index contributed by atoms with van der Waals surface area (Å²) in [7, 11) is 1.80. The van der Waals surface area contributed by atoms with Crippen molar-refractivity contribution in [1.82, 2.24) is 19.8 Å². The Bertz CT molecular complexity index is 711. The molecule has 1 aromatic carbocycles. The maximum Gasteiger partial charge on any atom is 0.271 e. The number of carbonyl (C=O) groups excluding carboxylic acids is 1. The van der Waals surface area contributed by atoms with Crippen LogP contribution in [0.15, 0.2) is 30.7 Å². The number of benzene rings is 1. The van der Waals surface area contributed by atoms with Crippen LogP contribution < -0.4 is 5.32 Å². The van der Waals surface area contributed by atoms with Crippen LogP contribution in [0.5, 0.6) is 0 Å². The van der Waals surface area contributed by atoms with E-state index in [1.54, 1.807) is 24.1 Å². The van der Waals surface area contributed by atoms with Gasteiger partial charge in [0.2, 0.25) is 0 Å². The highest BCUT2D eigenvalue weighted by Gasteiger charge is 2.24. The number of hydrogen-bond acceptors (Lipinski definition) is 3. The monoisotopic (exact) mass is 334 g/mol. The third-order valence-electron chi connectivity index (χ3n) is 4.22. The number of likely N-dealkylation sites (tertiary alicyclic amines) is 1. The molecule has 2 heterocycles. The topological polar surface area (TPSA) is 50.2 Å². The molecule has 1 amide bonds. The zero-order valence-electron chi connectivity index (χ0n) is 13.5. The van der Waals surface area contributed by atoms with Gasteiger partial charge in [0.15, 0.2) is 0 Å². The van der Waals surface area contributed by atoms with Gasteiger partial charge in [0.05, 0.1) is 6.33 Å². The van der Waals surface area contributed by atoms with E-state index in [2.05, 4.69) is 10.3 Å². The van der Waals surface area contributed by atoms with Crippen LogP contribution in [0.1, 0.15) is 28.9 Å². The van der Waals surface area contributed by atoms with Gasteiger partial charge in [0, 0.05) is 37.9 Å². The van der Waals surface area contributed by atoms with E-state index < -0.39 is 11.6 Å². The predicted molar refractivity (Wildman–Crippen MR) is 85.3 cm³/mol. The van der Waals surface area contributed by atoms with Crippen LogP contribution in [0, 0.1) is 11.6 Å². The van der Waals surface area contributed by atoms with Crippen molar-refractivity contribution < 1.29 is 13.6 Å². The van der Waals surface area contributed by atoms with Gasteiger partial charge in [-0.2, -0.15) is 0 Å². The molecule has 0 bridgehead atoms. The summed E-state index contributed by atoms with van der Waals surface area (Å²) >= 11 is 0. The van der Waals surface area contributed by atoms with E-state index in [0.29, 0.717) is 12.2 Å². The van der Waals surface area contributed by atoms with Gasteiger partial charge >= 0.3 is 0 Å². The summed E-state index contributed by atoms with van der Waals surface area (Å²) in [6.07, 6.45) is 4.94. The zero-order valence-corrected chi connectivity index (χ0v) is 13.5. The van der Waals surface area contributed by atoms with E-state index in [-0.39, 0.29) is 24.1 Å². The molecule has 7 heteroatoms. The average Bonchev–Trinajstić information content (AvgIpc) is 2.98. The second kappa shape index (κ2) is 7.09. The molecule has 1 aliphatic rings. The molecule has 128 valence electrons. The molecule has 2 aromatic rings. The average molecular weight is 334 g/mol. The van der Waals surface area contributed by atoms with Crippen LogP contribution in [0.4, 0.5) is 8.78 Å². The lowest BCUT2D eigenvalue weighted by Crippen LogP contribution is -2.47. The highest BCUT2D eigenvalue weighted by Crippen LogP contribution is 2.18. The Morgan fingerprint density at radius 2 is 2.12 bits per heavy atom. The van der Waals surface area contributed by atoms with Crippen molar-refractivity contribution in [2.75, 3.05) is 13.1 Å². The molecule has 1 aliphatic heterocycles. The van der Waals surface area contributed by atoms with Gasteiger partial charge in [-0.25, -0.2) is 13.8 Å². The first kappa shape index (κ1) is 16.6. The number of amides is 1. The maximum absolute atomic E-state index is 13.8. The molecule has 0 aliphatic carbocycles. The SMILES string of the molecule is Cn1cnc(C(=O)N[C@@H]2CCCN(Cc3c(F)cccc3F)C2)c1. The summed E-state index contributed by atoms with van der Waals surface area (Å²) < 4.78 is 29.3. The number of piperidine rings is 1. The van der Waals surface area contributed by atoms with Crippen molar-refractivity contribution in [3.8, 4) is 0 Å². The second-order valence-corrected chi connectivity index (χ2v) is 6.17. The minimum absolute atomic E-state index is 0.0527. The molecule has 0 saturated carbocycles. The fourth-order valence-corrected chi connectivity index (χ4v) is 3.01. The third-order valence-corrected chi connectivity index (χ3v) is 4.22. The van der Waals surface area contributed by atoms with Gasteiger partial charge < -0.3 is 9.88 Å². The van der Waals surface area contributed by atoms with Gasteiger partial charge in [0.25, 0.3) is 5.91 Å². The quantitative estimate of drug-likeness (QED) is 0.931. The number of carbonyl (C=O) groups is 1. The standard InChI is InChI=1S/C17H20F2N4O/c1-22-10-16(20-11-22)17(24)21-12-4-3-7-23(8-12)9-13-14(18)5-2-6-15(13)19/h2,5-6,10-12H,3-4,7-9H2,1H3,(H,21,24)/t12-/m1/s1. The predicted octanol–water partition coefficient (Wildman–Crippen LogP) is 2.09. The van der Waals surface area contributed by atoms with E-state index in [1.165, 1.54) is 18.2 Å². The van der Waals surface area contributed by atoms with Gasteiger partial charge in [-0.1, -0.05) is 6.07 Å². The highest BCUT2D eigenvalue weighted by atomic mass is 19.1. The summed E-state index contributed by atoms with van der Waals surface area (Å²) in [4.78, 5) is 18.2. The van der Waals surface area contributed by atoms with Crippen LogP contribution >= 0.6 is 0 Å². The molecule has 0 radical (unpaired) electrons. The van der Waals surface area contributed by atoms with Gasteiger partial charge in [-0.15, -0.1) is 0 Å². The Morgan fingerprint density at radius 3 is 2.79 bits per heavy atom. The van der Waals surface area contributed by atoms with E-state index >= 15 is 0 Å². The van der Waals surface area contributed by atoms with E-state index in [0.717, 1.165) is 19.4 Å². The smallest absolute Gasteiger partial charge is 0.271 e. The Kier molecular flexibility index (Phi) is 4.89. The van der Waals surface area contributed by atoms with Crippen LogP contribution in [0.2, 0.25) is 0 Å². The van der Waals surface area contributed by atoms with E-state index in [1.807, 2.05) is 4.90 Å². The Morgan fingerprint density at radius 1 is 1.38 bits per heavy atom. The molecule has 1 fully saturated rings. The summed E-state index contributed by atoms with van der Waals surface area (Å²) in [5.41, 5.74) is 0.448. The van der Waals surface area contributed by atoms with Crippen molar-refractivity contribution in [2.45, 2.75) is 25.4 Å². The van der Waals surface area contributed by atoms with Crippen molar-refractivity contribution in [2.24, 2.45) is 7.05 Å². The van der Waals surface area contributed by atoms with Gasteiger partial charge in [-0.3, -0.25) is 9.69 Å². The van der Waals surface area contributed by atoms with Gasteiger partial charge in [0.1, 0.15) is 17.3 Å². The van der Waals surface area contributed by atoms with Crippen LogP contribution in [0.25, 0.3) is 0 Å². The molecule has 3 rings (SSSR count). The number of aromatic nitrogens is 2. The van der Waals surface area contributed by atoms with Crippen LogP contribution in [0.3, 0.4) is 0 Å². The van der Waals surface area contributed by atoms with Gasteiger partial charge in [-0.05, 0) is 31.5 Å². The number of hydrogen-bond donors (Lipinski definition) is 1. The minimum atomic E-state index is -0.533. The Labute approximate surface area is 139 Å². The first-order valence-corrected chi connectivity index (χ1v) is 7.97. The van der Waals surface area contributed by atoms with E-state index in [9.17, 15) is 13.6 Å². The second-order valence-electron chi connectivity index (χ2n) is 6.17. The molecule has 1 atom stereocenters. The lowest BCUT2D eigenvalue weighted by molar-refractivity contribution is 0.0895.